The average molecular weight is 443 g/mol. The highest BCUT2D eigenvalue weighted by atomic mass is 16.6. The Labute approximate surface area is 193 Å². The molecule has 0 fully saturated rings. The van der Waals surface area contributed by atoms with E-state index in [9.17, 15) is 14.9 Å². The number of aryl methyl sites for hydroxylation is 1. The first-order valence-corrected chi connectivity index (χ1v) is 10.7. The molecule has 0 atom stereocenters. The molecule has 0 saturated heterocycles. The van der Waals surface area contributed by atoms with Crippen molar-refractivity contribution in [2.75, 3.05) is 7.11 Å². The summed E-state index contributed by atoms with van der Waals surface area (Å²) in [4.78, 5) is 25.1. The van der Waals surface area contributed by atoms with Crippen LogP contribution < -0.4 is 14.8 Å². The van der Waals surface area contributed by atoms with Crippen LogP contribution in [0, 0.1) is 18.3 Å². The van der Waals surface area contributed by atoms with Crippen molar-refractivity contribution in [1.29, 1.82) is 5.26 Å². The van der Waals surface area contributed by atoms with E-state index in [1.807, 2.05) is 49.4 Å². The van der Waals surface area contributed by atoms with Gasteiger partial charge in [0.15, 0.2) is 11.5 Å². The SMILES string of the molecule is COc1ccc(/C=C(\C#N)C(=O)NCc2ccc(C)cc2)cc1OC(=O)C1=CC=CCCC1. The second-order valence-electron chi connectivity index (χ2n) is 7.65. The quantitative estimate of drug-likeness (QED) is 0.288. The van der Waals surface area contributed by atoms with E-state index in [4.69, 9.17) is 9.47 Å². The first kappa shape index (κ1) is 23.6. The highest BCUT2D eigenvalue weighted by Gasteiger charge is 2.16. The molecular formula is C27H26N2O4. The summed E-state index contributed by atoms with van der Waals surface area (Å²) in [5, 5.41) is 12.3. The van der Waals surface area contributed by atoms with E-state index in [0.29, 0.717) is 29.9 Å². The van der Waals surface area contributed by atoms with Crippen molar-refractivity contribution in [3.05, 3.63) is 88.5 Å². The van der Waals surface area contributed by atoms with Crippen molar-refractivity contribution in [2.45, 2.75) is 32.7 Å². The number of allylic oxidation sites excluding steroid dienone is 3. The third-order valence-corrected chi connectivity index (χ3v) is 5.15. The normalized spacial score (nSPS) is 13.4. The molecule has 33 heavy (non-hydrogen) atoms. The van der Waals surface area contributed by atoms with Gasteiger partial charge in [0.2, 0.25) is 0 Å². The molecule has 0 saturated carbocycles. The van der Waals surface area contributed by atoms with E-state index < -0.39 is 11.9 Å². The monoisotopic (exact) mass is 442 g/mol. The van der Waals surface area contributed by atoms with Gasteiger partial charge >= 0.3 is 5.97 Å². The molecule has 1 aliphatic rings. The Morgan fingerprint density at radius 1 is 1.15 bits per heavy atom. The van der Waals surface area contributed by atoms with Crippen molar-refractivity contribution >= 4 is 18.0 Å². The second kappa shape index (κ2) is 11.5. The molecular weight excluding hydrogens is 416 g/mol. The predicted molar refractivity (Wildman–Crippen MR) is 126 cm³/mol. The van der Waals surface area contributed by atoms with Gasteiger partial charge in [-0.15, -0.1) is 0 Å². The molecule has 6 heteroatoms. The third-order valence-electron chi connectivity index (χ3n) is 5.15. The number of rotatable bonds is 7. The Morgan fingerprint density at radius 3 is 2.67 bits per heavy atom. The van der Waals surface area contributed by atoms with E-state index in [1.54, 1.807) is 24.3 Å². The van der Waals surface area contributed by atoms with Crippen LogP contribution in [0.25, 0.3) is 6.08 Å². The number of nitrogens with zero attached hydrogens (tertiary/aromatic N) is 1. The van der Waals surface area contributed by atoms with Crippen LogP contribution in [0.1, 0.15) is 36.0 Å². The summed E-state index contributed by atoms with van der Waals surface area (Å²) in [6, 6.07) is 14.6. The van der Waals surface area contributed by atoms with Crippen molar-refractivity contribution in [3.8, 4) is 17.6 Å². The molecule has 168 valence electrons. The summed E-state index contributed by atoms with van der Waals surface area (Å²) in [7, 11) is 1.48. The van der Waals surface area contributed by atoms with Crippen LogP contribution in [0.3, 0.4) is 0 Å². The Kier molecular flexibility index (Phi) is 8.20. The van der Waals surface area contributed by atoms with Crippen molar-refractivity contribution < 1.29 is 19.1 Å². The number of amides is 1. The molecule has 0 radical (unpaired) electrons. The van der Waals surface area contributed by atoms with Crippen LogP contribution in [0.4, 0.5) is 0 Å². The number of hydrogen-bond acceptors (Lipinski definition) is 5. The van der Waals surface area contributed by atoms with Crippen LogP contribution in [-0.4, -0.2) is 19.0 Å². The molecule has 1 N–H and O–H groups in total. The van der Waals surface area contributed by atoms with Gasteiger partial charge in [-0.1, -0.05) is 54.1 Å². The lowest BCUT2D eigenvalue weighted by atomic mass is 10.1. The first-order valence-electron chi connectivity index (χ1n) is 10.7. The molecule has 1 aliphatic carbocycles. The Balaban J connectivity index is 1.75. The molecule has 0 unspecified atom stereocenters. The van der Waals surface area contributed by atoms with E-state index in [-0.39, 0.29) is 11.3 Å². The number of benzene rings is 2. The molecule has 1 amide bonds. The van der Waals surface area contributed by atoms with Gasteiger partial charge in [-0.25, -0.2) is 4.79 Å². The Hall–Kier alpha value is -4.11. The maximum Gasteiger partial charge on any atom is 0.339 e. The summed E-state index contributed by atoms with van der Waals surface area (Å²) < 4.78 is 10.9. The van der Waals surface area contributed by atoms with Crippen LogP contribution >= 0.6 is 0 Å². The van der Waals surface area contributed by atoms with Crippen LogP contribution in [0.5, 0.6) is 11.5 Å². The van der Waals surface area contributed by atoms with Crippen molar-refractivity contribution in [3.63, 3.8) is 0 Å². The standard InChI is InChI=1S/C27H26N2O4/c1-19-9-11-20(12-10-19)18-29-26(30)23(17-28)15-21-13-14-24(32-2)25(16-21)33-27(31)22-7-5-3-4-6-8-22/h3,5,7,9-16H,4,6,8,18H2,1-2H3,(H,29,30)/b23-15+. The largest absolute Gasteiger partial charge is 0.493 e. The summed E-state index contributed by atoms with van der Waals surface area (Å²) in [6.07, 6.45) is 9.51. The van der Waals surface area contributed by atoms with Gasteiger partial charge in [-0.05, 0) is 55.5 Å². The Morgan fingerprint density at radius 2 is 1.94 bits per heavy atom. The lowest BCUT2D eigenvalue weighted by molar-refractivity contribution is -0.130. The van der Waals surface area contributed by atoms with Gasteiger partial charge in [0.05, 0.1) is 7.11 Å². The maximum absolute atomic E-state index is 12.6. The van der Waals surface area contributed by atoms with E-state index >= 15 is 0 Å². The zero-order valence-electron chi connectivity index (χ0n) is 18.8. The molecule has 2 aromatic rings. The minimum atomic E-state index is -0.483. The van der Waals surface area contributed by atoms with E-state index in [0.717, 1.165) is 24.0 Å². The van der Waals surface area contributed by atoms with Gasteiger partial charge in [-0.3, -0.25) is 4.79 Å². The van der Waals surface area contributed by atoms with E-state index in [1.165, 1.54) is 13.2 Å². The number of nitrogens with one attached hydrogen (secondary N) is 1. The topological polar surface area (TPSA) is 88.4 Å². The molecule has 0 aliphatic heterocycles. The zero-order chi connectivity index (χ0) is 23.6. The fourth-order valence-corrected chi connectivity index (χ4v) is 3.27. The van der Waals surface area contributed by atoms with Gasteiger partial charge in [0, 0.05) is 12.1 Å². The number of methoxy groups -OCH3 is 1. The molecule has 2 aromatic carbocycles. The number of nitriles is 1. The van der Waals surface area contributed by atoms with Gasteiger partial charge < -0.3 is 14.8 Å². The first-order chi connectivity index (χ1) is 16.0. The minimum absolute atomic E-state index is 0.0545. The predicted octanol–water partition coefficient (Wildman–Crippen LogP) is 4.80. The highest BCUT2D eigenvalue weighted by Crippen LogP contribution is 2.30. The number of carbonyl (C=O) groups excluding carboxylic acids is 2. The second-order valence-corrected chi connectivity index (χ2v) is 7.65. The fourth-order valence-electron chi connectivity index (χ4n) is 3.27. The average Bonchev–Trinajstić information content (AvgIpc) is 3.12. The molecule has 0 spiro atoms. The summed E-state index contributed by atoms with van der Waals surface area (Å²) in [5.41, 5.74) is 3.13. The molecule has 6 nitrogen and oxygen atoms in total. The lowest BCUT2D eigenvalue weighted by Gasteiger charge is -2.11. The molecule has 0 aromatic heterocycles. The number of hydrogen-bond donors (Lipinski definition) is 1. The smallest absolute Gasteiger partial charge is 0.339 e. The van der Waals surface area contributed by atoms with Crippen LogP contribution in [0.15, 0.2) is 71.8 Å². The number of esters is 1. The molecule has 3 rings (SSSR count). The van der Waals surface area contributed by atoms with Crippen LogP contribution in [0.2, 0.25) is 0 Å². The fraction of sp³-hybridized carbons (Fsp3) is 0.222. The van der Waals surface area contributed by atoms with Gasteiger partial charge in [0.25, 0.3) is 5.91 Å². The summed E-state index contributed by atoms with van der Waals surface area (Å²) >= 11 is 0. The number of ether oxygens (including phenoxy) is 2. The van der Waals surface area contributed by atoms with Crippen LogP contribution in [-0.2, 0) is 16.1 Å². The lowest BCUT2D eigenvalue weighted by Crippen LogP contribution is -2.23. The number of carbonyl (C=O) groups is 2. The third kappa shape index (κ3) is 6.68. The summed E-state index contributed by atoms with van der Waals surface area (Å²) in [5.74, 6) is -0.324. The molecule has 0 heterocycles. The van der Waals surface area contributed by atoms with Crippen molar-refractivity contribution in [2.24, 2.45) is 0 Å². The summed E-state index contributed by atoms with van der Waals surface area (Å²) in [6.45, 7) is 2.30. The van der Waals surface area contributed by atoms with Crippen molar-refractivity contribution in [1.82, 2.24) is 5.32 Å². The highest BCUT2D eigenvalue weighted by molar-refractivity contribution is 6.01. The maximum atomic E-state index is 12.6. The van der Waals surface area contributed by atoms with E-state index in [2.05, 4.69) is 5.32 Å². The van der Waals surface area contributed by atoms with Gasteiger partial charge in [-0.2, -0.15) is 5.26 Å². The molecule has 0 bridgehead atoms. The Bertz CT molecular complexity index is 1150. The minimum Gasteiger partial charge on any atom is -0.493 e. The van der Waals surface area contributed by atoms with Gasteiger partial charge in [0.1, 0.15) is 11.6 Å². The zero-order valence-corrected chi connectivity index (χ0v) is 18.8.